The molecule has 0 aliphatic heterocycles. The summed E-state index contributed by atoms with van der Waals surface area (Å²) in [5.41, 5.74) is 0.965. The number of nitrogens with one attached hydrogen (secondary N) is 1. The lowest BCUT2D eigenvalue weighted by molar-refractivity contribution is -0.108. The molecule has 0 saturated carbocycles. The van der Waals surface area contributed by atoms with Gasteiger partial charge in [-0.2, -0.15) is 0 Å². The molecule has 2 nitrogen and oxygen atoms in total. The molecule has 12 heavy (non-hydrogen) atoms. The summed E-state index contributed by atoms with van der Waals surface area (Å²) in [4.78, 5) is 10.7. The summed E-state index contributed by atoms with van der Waals surface area (Å²) < 4.78 is 0. The standard InChI is InChI=1S/C10H9NO/c11-8-10(12)7-6-9-4-2-1-3-5-9/h1-8,11H. The second-order valence-electron chi connectivity index (χ2n) is 2.29. The third kappa shape index (κ3) is 2.50. The summed E-state index contributed by atoms with van der Waals surface area (Å²) >= 11 is 0. The van der Waals surface area contributed by atoms with Gasteiger partial charge in [0, 0.05) is 0 Å². The first-order valence-corrected chi connectivity index (χ1v) is 3.60. The van der Waals surface area contributed by atoms with E-state index in [0.29, 0.717) is 0 Å². The Morgan fingerprint density at radius 3 is 2.50 bits per heavy atom. The van der Waals surface area contributed by atoms with Crippen molar-refractivity contribution in [3.63, 3.8) is 0 Å². The monoisotopic (exact) mass is 159 g/mol. The van der Waals surface area contributed by atoms with Crippen molar-refractivity contribution in [1.29, 1.82) is 5.41 Å². The van der Waals surface area contributed by atoms with Crippen LogP contribution in [0.2, 0.25) is 0 Å². The Bertz CT molecular complexity index is 301. The number of allylic oxidation sites excluding steroid dienone is 1. The van der Waals surface area contributed by atoms with Gasteiger partial charge in [-0.3, -0.25) is 4.79 Å². The second kappa shape index (κ2) is 4.23. The highest BCUT2D eigenvalue weighted by molar-refractivity contribution is 6.32. The molecule has 0 aliphatic rings. The minimum atomic E-state index is -0.293. The average Bonchev–Trinajstić information content (AvgIpc) is 2.16. The summed E-state index contributed by atoms with van der Waals surface area (Å²) in [5.74, 6) is -0.293. The van der Waals surface area contributed by atoms with Crippen molar-refractivity contribution in [3.05, 3.63) is 42.0 Å². The van der Waals surface area contributed by atoms with Gasteiger partial charge in [0.1, 0.15) is 0 Å². The van der Waals surface area contributed by atoms with Gasteiger partial charge < -0.3 is 5.41 Å². The Morgan fingerprint density at radius 1 is 1.25 bits per heavy atom. The summed E-state index contributed by atoms with van der Waals surface area (Å²) in [5, 5.41) is 6.65. The van der Waals surface area contributed by atoms with E-state index < -0.39 is 0 Å². The van der Waals surface area contributed by atoms with Gasteiger partial charge in [0.25, 0.3) is 0 Å². The molecular formula is C10H9NO. The second-order valence-corrected chi connectivity index (χ2v) is 2.29. The number of hydrogen-bond donors (Lipinski definition) is 1. The topological polar surface area (TPSA) is 40.9 Å². The van der Waals surface area contributed by atoms with Crippen LogP contribution < -0.4 is 0 Å². The first-order chi connectivity index (χ1) is 5.83. The van der Waals surface area contributed by atoms with Crippen molar-refractivity contribution in [3.8, 4) is 0 Å². The summed E-state index contributed by atoms with van der Waals surface area (Å²) in [6.07, 6.45) is 3.86. The van der Waals surface area contributed by atoms with Crippen LogP contribution in [0.15, 0.2) is 36.4 Å². The molecule has 0 unspecified atom stereocenters. The maximum Gasteiger partial charge on any atom is 0.196 e. The van der Waals surface area contributed by atoms with Crippen molar-refractivity contribution >= 4 is 18.1 Å². The van der Waals surface area contributed by atoms with Crippen LogP contribution in [0.4, 0.5) is 0 Å². The highest BCUT2D eigenvalue weighted by atomic mass is 16.1. The van der Waals surface area contributed by atoms with Crippen molar-refractivity contribution in [2.24, 2.45) is 0 Å². The fourth-order valence-electron chi connectivity index (χ4n) is 0.791. The average molecular weight is 159 g/mol. The molecule has 0 aromatic heterocycles. The fraction of sp³-hybridized carbons (Fsp3) is 0. The Kier molecular flexibility index (Phi) is 2.96. The Morgan fingerprint density at radius 2 is 1.92 bits per heavy atom. The summed E-state index contributed by atoms with van der Waals surface area (Å²) in [6, 6.07) is 9.50. The van der Waals surface area contributed by atoms with Crippen LogP contribution in [-0.2, 0) is 4.79 Å². The lowest BCUT2D eigenvalue weighted by Gasteiger charge is -1.88. The van der Waals surface area contributed by atoms with Crippen LogP contribution >= 0.6 is 0 Å². The van der Waals surface area contributed by atoms with Gasteiger partial charge in [-0.1, -0.05) is 36.4 Å². The number of carbonyl (C=O) groups excluding carboxylic acids is 1. The normalized spacial score (nSPS) is 10.0. The molecule has 0 atom stereocenters. The maximum absolute atomic E-state index is 10.7. The van der Waals surface area contributed by atoms with Crippen LogP contribution in [0.1, 0.15) is 5.56 Å². The Balaban J connectivity index is 2.70. The summed E-state index contributed by atoms with van der Waals surface area (Å²) in [6.45, 7) is 0. The van der Waals surface area contributed by atoms with E-state index in [1.807, 2.05) is 30.3 Å². The Labute approximate surface area is 71.0 Å². The molecule has 0 saturated heterocycles. The zero-order chi connectivity index (χ0) is 8.81. The van der Waals surface area contributed by atoms with Crippen molar-refractivity contribution in [2.75, 3.05) is 0 Å². The SMILES string of the molecule is N=CC(=O)C=Cc1ccccc1. The quantitative estimate of drug-likeness (QED) is 0.531. The van der Waals surface area contributed by atoms with E-state index in [2.05, 4.69) is 0 Å². The highest BCUT2D eigenvalue weighted by Gasteiger charge is 1.87. The molecule has 1 N–H and O–H groups in total. The number of carbonyl (C=O) groups is 1. The predicted octanol–water partition coefficient (Wildman–Crippen LogP) is 1.92. The van der Waals surface area contributed by atoms with Gasteiger partial charge in [0.15, 0.2) is 5.78 Å². The Hall–Kier alpha value is -1.70. The number of benzene rings is 1. The van der Waals surface area contributed by atoms with Crippen molar-refractivity contribution in [1.82, 2.24) is 0 Å². The minimum Gasteiger partial charge on any atom is -0.305 e. The lowest BCUT2D eigenvalue weighted by atomic mass is 10.2. The molecule has 0 aliphatic carbocycles. The molecule has 1 aromatic rings. The number of hydrogen-bond acceptors (Lipinski definition) is 2. The number of ketones is 1. The largest absolute Gasteiger partial charge is 0.305 e. The third-order valence-corrected chi connectivity index (χ3v) is 1.38. The van der Waals surface area contributed by atoms with E-state index in [0.717, 1.165) is 11.8 Å². The van der Waals surface area contributed by atoms with Crippen molar-refractivity contribution < 1.29 is 4.79 Å². The van der Waals surface area contributed by atoms with E-state index in [1.165, 1.54) is 6.08 Å². The zero-order valence-electron chi connectivity index (χ0n) is 6.53. The number of rotatable bonds is 3. The molecule has 0 spiro atoms. The molecule has 1 rings (SSSR count). The van der Waals surface area contributed by atoms with E-state index in [-0.39, 0.29) is 5.78 Å². The van der Waals surface area contributed by atoms with Crippen molar-refractivity contribution in [2.45, 2.75) is 0 Å². The van der Waals surface area contributed by atoms with Crippen LogP contribution in [-0.4, -0.2) is 12.0 Å². The van der Waals surface area contributed by atoms with Gasteiger partial charge in [-0.25, -0.2) is 0 Å². The van der Waals surface area contributed by atoms with E-state index >= 15 is 0 Å². The molecule has 0 radical (unpaired) electrons. The van der Waals surface area contributed by atoms with Crippen LogP contribution in [0.3, 0.4) is 0 Å². The predicted molar refractivity (Wildman–Crippen MR) is 49.3 cm³/mol. The molecule has 60 valence electrons. The molecule has 0 amide bonds. The third-order valence-electron chi connectivity index (χ3n) is 1.38. The van der Waals surface area contributed by atoms with Crippen LogP contribution in [0, 0.1) is 5.41 Å². The summed E-state index contributed by atoms with van der Waals surface area (Å²) in [7, 11) is 0. The van der Waals surface area contributed by atoms with Gasteiger partial charge in [0.05, 0.1) is 6.21 Å². The van der Waals surface area contributed by atoms with Crippen LogP contribution in [0.25, 0.3) is 6.08 Å². The zero-order valence-corrected chi connectivity index (χ0v) is 6.53. The molecule has 1 aromatic carbocycles. The smallest absolute Gasteiger partial charge is 0.196 e. The minimum absolute atomic E-state index is 0.293. The van der Waals surface area contributed by atoms with E-state index in [1.54, 1.807) is 6.08 Å². The lowest BCUT2D eigenvalue weighted by Crippen LogP contribution is -1.89. The highest BCUT2D eigenvalue weighted by Crippen LogP contribution is 2.00. The van der Waals surface area contributed by atoms with Gasteiger partial charge >= 0.3 is 0 Å². The van der Waals surface area contributed by atoms with Gasteiger partial charge in [0.2, 0.25) is 0 Å². The molecule has 2 heteroatoms. The first-order valence-electron chi connectivity index (χ1n) is 3.60. The molecular weight excluding hydrogens is 150 g/mol. The van der Waals surface area contributed by atoms with Gasteiger partial charge in [-0.05, 0) is 11.6 Å². The molecule has 0 bridgehead atoms. The van der Waals surface area contributed by atoms with E-state index in [4.69, 9.17) is 5.41 Å². The first kappa shape index (κ1) is 8.40. The van der Waals surface area contributed by atoms with Crippen LogP contribution in [0.5, 0.6) is 0 Å². The fourth-order valence-corrected chi connectivity index (χ4v) is 0.791. The maximum atomic E-state index is 10.7. The molecule has 0 heterocycles. The molecule has 0 fully saturated rings. The van der Waals surface area contributed by atoms with E-state index in [9.17, 15) is 4.79 Å². The van der Waals surface area contributed by atoms with Gasteiger partial charge in [-0.15, -0.1) is 0 Å².